The van der Waals surface area contributed by atoms with Crippen LogP contribution in [0.5, 0.6) is 0 Å². The number of nitrogens with zero attached hydrogens (tertiary/aromatic N) is 1. The van der Waals surface area contributed by atoms with E-state index in [1.165, 1.54) is 6.20 Å². The van der Waals surface area contributed by atoms with Crippen molar-refractivity contribution >= 4 is 23.9 Å². The molecule has 1 unspecified atom stereocenters. The van der Waals surface area contributed by atoms with Gasteiger partial charge in [0.15, 0.2) is 0 Å². The van der Waals surface area contributed by atoms with Gasteiger partial charge in [-0.25, -0.2) is 14.4 Å². The third-order valence-corrected chi connectivity index (χ3v) is 4.11. The zero-order valence-corrected chi connectivity index (χ0v) is 16.2. The molecule has 12 nitrogen and oxygen atoms in total. The van der Waals surface area contributed by atoms with E-state index >= 15 is 0 Å². The Labute approximate surface area is 172 Å². The van der Waals surface area contributed by atoms with Crippen LogP contribution in [0.15, 0.2) is 24.5 Å². The van der Waals surface area contributed by atoms with Crippen LogP contribution in [-0.2, 0) is 14.4 Å². The molecule has 0 aliphatic rings. The molecule has 7 N–H and O–H groups in total. The average molecular weight is 426 g/mol. The van der Waals surface area contributed by atoms with Crippen molar-refractivity contribution in [2.24, 2.45) is 0 Å². The van der Waals surface area contributed by atoms with Crippen molar-refractivity contribution < 1.29 is 39.6 Å². The molecule has 2 amide bonds. The molecule has 12 heteroatoms. The molecule has 1 aromatic heterocycles. The van der Waals surface area contributed by atoms with Gasteiger partial charge in [0, 0.05) is 24.4 Å². The normalized spacial score (nSPS) is 13.6. The van der Waals surface area contributed by atoms with Gasteiger partial charge in [0.1, 0.15) is 18.3 Å². The van der Waals surface area contributed by atoms with Gasteiger partial charge in [-0.1, -0.05) is 6.07 Å². The summed E-state index contributed by atoms with van der Waals surface area (Å²) in [5.74, 6) is -3.92. The summed E-state index contributed by atoms with van der Waals surface area (Å²) in [6, 6.07) is -0.319. The second-order valence-corrected chi connectivity index (χ2v) is 6.47. The van der Waals surface area contributed by atoms with E-state index in [4.69, 9.17) is 10.2 Å². The Kier molecular flexibility index (Phi) is 10.8. The first kappa shape index (κ1) is 24.8. The van der Waals surface area contributed by atoms with Gasteiger partial charge in [0.05, 0.1) is 0 Å². The number of aliphatic hydroxyl groups is 1. The molecule has 1 rings (SSSR count). The van der Waals surface area contributed by atoms with Gasteiger partial charge in [0.25, 0.3) is 0 Å². The van der Waals surface area contributed by atoms with Gasteiger partial charge in [-0.3, -0.25) is 15.1 Å². The summed E-state index contributed by atoms with van der Waals surface area (Å²) in [7, 11) is 0. The quantitative estimate of drug-likeness (QED) is 0.156. The van der Waals surface area contributed by atoms with E-state index in [9.17, 15) is 29.4 Å². The van der Waals surface area contributed by atoms with E-state index < -0.39 is 48.7 Å². The van der Waals surface area contributed by atoms with E-state index in [2.05, 4.69) is 20.9 Å². The first-order chi connectivity index (χ1) is 14.2. The number of carbonyl (C=O) groups excluding carboxylic acids is 1. The summed E-state index contributed by atoms with van der Waals surface area (Å²) in [5.41, 5.74) is 0.593. The predicted octanol–water partition coefficient (Wildman–Crippen LogP) is -0.0972. The van der Waals surface area contributed by atoms with Gasteiger partial charge in [-0.15, -0.1) is 0 Å². The third-order valence-electron chi connectivity index (χ3n) is 4.11. The monoisotopic (exact) mass is 426 g/mol. The molecule has 0 saturated carbocycles. The van der Waals surface area contributed by atoms with Gasteiger partial charge in [0.2, 0.25) is 0 Å². The third kappa shape index (κ3) is 9.80. The van der Waals surface area contributed by atoms with Crippen molar-refractivity contribution in [3.8, 4) is 0 Å². The van der Waals surface area contributed by atoms with Crippen LogP contribution in [0.4, 0.5) is 4.79 Å². The van der Waals surface area contributed by atoms with Crippen LogP contribution >= 0.6 is 0 Å². The van der Waals surface area contributed by atoms with Crippen molar-refractivity contribution in [1.82, 2.24) is 20.9 Å². The minimum atomic E-state index is -1.45. The number of hydrogen-bond acceptors (Lipinski definition) is 7. The number of unbranched alkanes of at least 4 members (excludes halogenated alkanes) is 1. The largest absolute Gasteiger partial charge is 0.481 e. The van der Waals surface area contributed by atoms with Crippen LogP contribution in [0, 0.1) is 0 Å². The van der Waals surface area contributed by atoms with E-state index in [0.717, 1.165) is 0 Å². The zero-order valence-electron chi connectivity index (χ0n) is 16.2. The first-order valence-electron chi connectivity index (χ1n) is 9.26. The Bertz CT molecular complexity index is 715. The Hall–Kier alpha value is -3.25. The summed E-state index contributed by atoms with van der Waals surface area (Å²) < 4.78 is 0. The van der Waals surface area contributed by atoms with E-state index in [-0.39, 0.29) is 12.8 Å². The number of rotatable bonds is 14. The van der Waals surface area contributed by atoms with E-state index in [1.807, 2.05) is 0 Å². The topological polar surface area (TPSA) is 198 Å². The molecular weight excluding hydrogens is 400 g/mol. The Morgan fingerprint density at radius 2 is 1.60 bits per heavy atom. The highest BCUT2D eigenvalue weighted by molar-refractivity contribution is 5.86. The highest BCUT2D eigenvalue weighted by atomic mass is 16.4. The smallest absolute Gasteiger partial charge is 0.326 e. The van der Waals surface area contributed by atoms with Crippen molar-refractivity contribution in [2.75, 3.05) is 6.54 Å². The summed E-state index contributed by atoms with van der Waals surface area (Å²) in [5, 5.41) is 43.9. The lowest BCUT2D eigenvalue weighted by atomic mass is 10.1. The number of urea groups is 1. The standard InChI is InChI=1S/C18H26N4O8/c23-14(24)7-6-13(17(28)29)22-18(30)21-12(16(26)27)5-1-2-9-20-15(25)11-4-3-8-19-10-11/h3-4,8,10,12-13,15,20,25H,1-2,5-7,9H2,(H,23,24)(H,26,27)(H,28,29)(H2,21,22,30)/t12-,13-,15?/m0/s1. The lowest BCUT2D eigenvalue weighted by Crippen LogP contribution is -2.51. The van der Waals surface area contributed by atoms with Crippen LogP contribution in [0.1, 0.15) is 43.9 Å². The predicted molar refractivity (Wildman–Crippen MR) is 102 cm³/mol. The molecule has 3 atom stereocenters. The van der Waals surface area contributed by atoms with Crippen LogP contribution in [0.2, 0.25) is 0 Å². The molecule has 0 fully saturated rings. The maximum absolute atomic E-state index is 11.9. The van der Waals surface area contributed by atoms with Crippen LogP contribution in [0.25, 0.3) is 0 Å². The molecule has 166 valence electrons. The summed E-state index contributed by atoms with van der Waals surface area (Å²) in [6.07, 6.45) is 2.40. The van der Waals surface area contributed by atoms with Crippen molar-refractivity contribution in [2.45, 2.75) is 50.4 Å². The lowest BCUT2D eigenvalue weighted by molar-refractivity contribution is -0.140. The number of hydrogen-bond donors (Lipinski definition) is 7. The second kappa shape index (κ2) is 13.1. The zero-order chi connectivity index (χ0) is 22.5. The number of carbonyl (C=O) groups is 4. The van der Waals surface area contributed by atoms with Crippen molar-refractivity contribution in [3.63, 3.8) is 0 Å². The fourth-order valence-corrected chi connectivity index (χ4v) is 2.51. The second-order valence-electron chi connectivity index (χ2n) is 6.47. The summed E-state index contributed by atoms with van der Waals surface area (Å²) in [4.78, 5) is 48.8. The number of nitrogens with one attached hydrogen (secondary N) is 3. The number of amides is 2. The van der Waals surface area contributed by atoms with Crippen LogP contribution in [-0.4, -0.2) is 68.0 Å². The number of pyridine rings is 1. The molecule has 0 aliphatic heterocycles. The maximum atomic E-state index is 11.9. The number of carboxylic acids is 3. The Morgan fingerprint density at radius 1 is 0.967 bits per heavy atom. The van der Waals surface area contributed by atoms with E-state index in [0.29, 0.717) is 24.9 Å². The lowest BCUT2D eigenvalue weighted by Gasteiger charge is -2.18. The minimum absolute atomic E-state index is 0.0836. The SMILES string of the molecule is O=C(O)CC[C@H](NC(=O)N[C@@H](CCCCNC(O)c1cccnc1)C(=O)O)C(=O)O. The molecule has 1 aromatic rings. The van der Waals surface area contributed by atoms with Crippen molar-refractivity contribution in [3.05, 3.63) is 30.1 Å². The summed E-state index contributed by atoms with van der Waals surface area (Å²) >= 11 is 0. The maximum Gasteiger partial charge on any atom is 0.326 e. The Morgan fingerprint density at radius 3 is 2.13 bits per heavy atom. The number of aliphatic carboxylic acids is 3. The molecule has 0 aliphatic carbocycles. The molecule has 1 heterocycles. The van der Waals surface area contributed by atoms with Crippen LogP contribution < -0.4 is 16.0 Å². The molecular formula is C18H26N4O8. The van der Waals surface area contributed by atoms with Crippen LogP contribution in [0.3, 0.4) is 0 Å². The number of aliphatic hydroxyl groups excluding tert-OH is 1. The van der Waals surface area contributed by atoms with Gasteiger partial charge in [-0.05, 0) is 38.3 Å². The van der Waals surface area contributed by atoms with E-state index in [1.54, 1.807) is 18.3 Å². The Balaban J connectivity index is 2.39. The minimum Gasteiger partial charge on any atom is -0.481 e. The number of aromatic nitrogens is 1. The van der Waals surface area contributed by atoms with Gasteiger partial charge < -0.3 is 31.1 Å². The molecule has 0 spiro atoms. The molecule has 0 aromatic carbocycles. The molecule has 0 saturated heterocycles. The first-order valence-corrected chi connectivity index (χ1v) is 9.26. The average Bonchev–Trinajstić information content (AvgIpc) is 2.69. The van der Waals surface area contributed by atoms with Crippen molar-refractivity contribution in [1.29, 1.82) is 0 Å². The summed E-state index contributed by atoms with van der Waals surface area (Å²) in [6.45, 7) is 0.394. The fourth-order valence-electron chi connectivity index (χ4n) is 2.51. The molecule has 0 radical (unpaired) electrons. The highest BCUT2D eigenvalue weighted by Crippen LogP contribution is 2.08. The highest BCUT2D eigenvalue weighted by Gasteiger charge is 2.24. The van der Waals surface area contributed by atoms with Gasteiger partial charge in [-0.2, -0.15) is 0 Å². The van der Waals surface area contributed by atoms with Gasteiger partial charge >= 0.3 is 23.9 Å². The molecule has 30 heavy (non-hydrogen) atoms. The number of carboxylic acid groups (broad SMARTS) is 3. The molecule has 0 bridgehead atoms. The fraction of sp³-hybridized carbons (Fsp3) is 0.500.